The van der Waals surface area contributed by atoms with E-state index in [9.17, 15) is 9.59 Å². The molecule has 0 radical (unpaired) electrons. The molecule has 0 spiro atoms. The van der Waals surface area contributed by atoms with Crippen molar-refractivity contribution in [3.63, 3.8) is 0 Å². The Morgan fingerprint density at radius 1 is 1.20 bits per heavy atom. The Balaban J connectivity index is 1.58. The zero-order chi connectivity index (χ0) is 21.1. The van der Waals surface area contributed by atoms with Crippen LogP contribution in [0.4, 0.5) is 0 Å². The van der Waals surface area contributed by atoms with Gasteiger partial charge in [-0.05, 0) is 54.5 Å². The fraction of sp³-hybridized carbons (Fsp3) is 0.458. The first kappa shape index (κ1) is 20.5. The second-order valence-electron chi connectivity index (χ2n) is 8.60. The molecule has 2 saturated heterocycles. The van der Waals surface area contributed by atoms with E-state index in [0.717, 1.165) is 29.5 Å². The molecule has 2 amide bonds. The summed E-state index contributed by atoms with van der Waals surface area (Å²) in [6.45, 7) is 1.69. The summed E-state index contributed by atoms with van der Waals surface area (Å²) < 4.78 is 5.59. The molecule has 0 aliphatic carbocycles. The largest absolute Gasteiger partial charge is 0.368 e. The topological polar surface area (TPSA) is 62.7 Å². The highest BCUT2D eigenvalue weighted by molar-refractivity contribution is 5.87. The summed E-state index contributed by atoms with van der Waals surface area (Å²) in [7, 11) is 3.59. The lowest BCUT2D eigenvalue weighted by Crippen LogP contribution is -2.46. The highest BCUT2D eigenvalue weighted by Gasteiger charge is 2.47. The minimum atomic E-state index is -0.603. The van der Waals surface area contributed by atoms with Crippen LogP contribution < -0.4 is 0 Å². The summed E-state index contributed by atoms with van der Waals surface area (Å²) in [5, 5.41) is 0. The van der Waals surface area contributed by atoms with Gasteiger partial charge in [0.1, 0.15) is 6.10 Å². The standard InChI is InChI=1S/C24H29N3O3/c1-26(2)23(29)24(10-13-27(17-24)22(28)21-7-4-14-30-21)16-18-5-3-6-20(15-18)19-8-11-25-12-9-19/h3,5-6,8-9,11-12,15,21H,4,7,10,13-14,16-17H2,1-2H3/t21-,24-/m0/s1. The van der Waals surface area contributed by atoms with Crippen LogP contribution in [0.2, 0.25) is 0 Å². The number of benzene rings is 1. The van der Waals surface area contributed by atoms with E-state index in [1.54, 1.807) is 31.4 Å². The lowest BCUT2D eigenvalue weighted by molar-refractivity contribution is -0.142. The van der Waals surface area contributed by atoms with Gasteiger partial charge >= 0.3 is 0 Å². The number of nitrogens with zero attached hydrogens (tertiary/aromatic N) is 3. The Hall–Kier alpha value is -2.73. The van der Waals surface area contributed by atoms with Crippen LogP contribution in [0, 0.1) is 5.41 Å². The fourth-order valence-electron chi connectivity index (χ4n) is 4.70. The third-order valence-electron chi connectivity index (χ3n) is 6.21. The van der Waals surface area contributed by atoms with Gasteiger partial charge in [-0.25, -0.2) is 0 Å². The maximum Gasteiger partial charge on any atom is 0.251 e. The molecular weight excluding hydrogens is 378 g/mol. The molecule has 4 rings (SSSR count). The summed E-state index contributed by atoms with van der Waals surface area (Å²) in [4.78, 5) is 33.7. The maximum absolute atomic E-state index is 13.3. The molecule has 2 aromatic rings. The van der Waals surface area contributed by atoms with Gasteiger partial charge in [-0.1, -0.05) is 24.3 Å². The summed E-state index contributed by atoms with van der Waals surface area (Å²) >= 11 is 0. The lowest BCUT2D eigenvalue weighted by atomic mass is 9.79. The predicted octanol–water partition coefficient (Wildman–Crippen LogP) is 2.78. The first-order valence-electron chi connectivity index (χ1n) is 10.6. The van der Waals surface area contributed by atoms with Crippen LogP contribution in [0.1, 0.15) is 24.8 Å². The summed E-state index contributed by atoms with van der Waals surface area (Å²) in [6.07, 6.45) is 6.20. The van der Waals surface area contributed by atoms with E-state index < -0.39 is 5.41 Å². The van der Waals surface area contributed by atoms with Crippen molar-refractivity contribution in [2.75, 3.05) is 33.8 Å². The number of likely N-dealkylation sites (tertiary alicyclic amines) is 1. The predicted molar refractivity (Wildman–Crippen MR) is 115 cm³/mol. The molecule has 0 N–H and O–H groups in total. The maximum atomic E-state index is 13.3. The van der Waals surface area contributed by atoms with Crippen molar-refractivity contribution < 1.29 is 14.3 Å². The summed E-state index contributed by atoms with van der Waals surface area (Å²) in [6, 6.07) is 12.3. The van der Waals surface area contributed by atoms with E-state index >= 15 is 0 Å². The Labute approximate surface area is 177 Å². The van der Waals surface area contributed by atoms with Gasteiger partial charge in [-0.2, -0.15) is 0 Å². The second-order valence-corrected chi connectivity index (χ2v) is 8.60. The summed E-state index contributed by atoms with van der Waals surface area (Å²) in [5.74, 6) is 0.117. The van der Waals surface area contributed by atoms with E-state index in [1.165, 1.54) is 0 Å². The Morgan fingerprint density at radius 3 is 2.70 bits per heavy atom. The first-order chi connectivity index (χ1) is 14.5. The number of hydrogen-bond donors (Lipinski definition) is 0. The lowest BCUT2D eigenvalue weighted by Gasteiger charge is -2.31. The molecule has 2 atom stereocenters. The Morgan fingerprint density at radius 2 is 2.00 bits per heavy atom. The van der Waals surface area contributed by atoms with Crippen LogP contribution in [0.3, 0.4) is 0 Å². The second kappa shape index (κ2) is 8.56. The molecule has 6 nitrogen and oxygen atoms in total. The normalized spacial score (nSPS) is 23.5. The van der Waals surface area contributed by atoms with Gasteiger partial charge < -0.3 is 14.5 Å². The molecule has 30 heavy (non-hydrogen) atoms. The molecule has 158 valence electrons. The van der Waals surface area contributed by atoms with Gasteiger partial charge in [-0.15, -0.1) is 0 Å². The molecule has 2 aliphatic rings. The molecule has 0 bridgehead atoms. The van der Waals surface area contributed by atoms with E-state index in [1.807, 2.05) is 23.1 Å². The van der Waals surface area contributed by atoms with E-state index in [-0.39, 0.29) is 17.9 Å². The van der Waals surface area contributed by atoms with Gasteiger partial charge in [0.05, 0.1) is 5.41 Å². The summed E-state index contributed by atoms with van der Waals surface area (Å²) in [5.41, 5.74) is 2.70. The highest BCUT2D eigenvalue weighted by Crippen LogP contribution is 2.37. The number of aromatic nitrogens is 1. The van der Waals surface area contributed by atoms with E-state index in [4.69, 9.17) is 4.74 Å². The van der Waals surface area contributed by atoms with Gasteiger partial charge in [0.25, 0.3) is 5.91 Å². The smallest absolute Gasteiger partial charge is 0.251 e. The van der Waals surface area contributed by atoms with Crippen LogP contribution >= 0.6 is 0 Å². The van der Waals surface area contributed by atoms with Gasteiger partial charge in [0, 0.05) is 46.2 Å². The molecule has 2 fully saturated rings. The van der Waals surface area contributed by atoms with Crippen molar-refractivity contribution in [2.24, 2.45) is 5.41 Å². The molecule has 1 aromatic carbocycles. The van der Waals surface area contributed by atoms with Crippen LogP contribution in [0.15, 0.2) is 48.8 Å². The third-order valence-corrected chi connectivity index (χ3v) is 6.21. The van der Waals surface area contributed by atoms with Gasteiger partial charge in [0.2, 0.25) is 5.91 Å². The van der Waals surface area contributed by atoms with Crippen LogP contribution in [-0.4, -0.2) is 66.5 Å². The molecule has 1 aromatic heterocycles. The zero-order valence-corrected chi connectivity index (χ0v) is 17.7. The molecule has 3 heterocycles. The minimum absolute atomic E-state index is 0.0338. The molecule has 0 unspecified atom stereocenters. The number of ether oxygens (including phenoxy) is 1. The number of carbonyl (C=O) groups excluding carboxylic acids is 2. The Kier molecular flexibility index (Phi) is 5.86. The third kappa shape index (κ3) is 4.10. The molecule has 2 aliphatic heterocycles. The SMILES string of the molecule is CN(C)C(=O)[C@]1(Cc2cccc(-c3ccncc3)c2)CCN(C(=O)[C@@H]2CCCO2)C1. The first-order valence-corrected chi connectivity index (χ1v) is 10.6. The highest BCUT2D eigenvalue weighted by atomic mass is 16.5. The number of hydrogen-bond acceptors (Lipinski definition) is 4. The molecular formula is C24H29N3O3. The monoisotopic (exact) mass is 407 g/mol. The molecule has 0 saturated carbocycles. The van der Waals surface area contributed by atoms with E-state index in [2.05, 4.69) is 23.2 Å². The van der Waals surface area contributed by atoms with Crippen molar-refractivity contribution in [3.8, 4) is 11.1 Å². The minimum Gasteiger partial charge on any atom is -0.368 e. The number of rotatable bonds is 5. The number of carbonyl (C=O) groups is 2. The molecule has 6 heteroatoms. The fourth-order valence-corrected chi connectivity index (χ4v) is 4.70. The number of amides is 2. The number of pyridine rings is 1. The van der Waals surface area contributed by atoms with Crippen LogP contribution in [0.25, 0.3) is 11.1 Å². The van der Waals surface area contributed by atoms with Crippen molar-refractivity contribution >= 4 is 11.8 Å². The van der Waals surface area contributed by atoms with Crippen LogP contribution in [-0.2, 0) is 20.7 Å². The average Bonchev–Trinajstić information content (AvgIpc) is 3.45. The van der Waals surface area contributed by atoms with Crippen molar-refractivity contribution in [3.05, 3.63) is 54.4 Å². The van der Waals surface area contributed by atoms with Crippen LogP contribution in [0.5, 0.6) is 0 Å². The van der Waals surface area contributed by atoms with Crippen molar-refractivity contribution in [1.82, 2.24) is 14.8 Å². The van der Waals surface area contributed by atoms with Crippen molar-refractivity contribution in [1.29, 1.82) is 0 Å². The average molecular weight is 408 g/mol. The van der Waals surface area contributed by atoms with Gasteiger partial charge in [0.15, 0.2) is 0 Å². The zero-order valence-electron chi connectivity index (χ0n) is 17.7. The van der Waals surface area contributed by atoms with E-state index in [0.29, 0.717) is 32.5 Å². The quantitative estimate of drug-likeness (QED) is 0.765. The van der Waals surface area contributed by atoms with Gasteiger partial charge in [-0.3, -0.25) is 14.6 Å². The Bertz CT molecular complexity index is 909. The van der Waals surface area contributed by atoms with Crippen molar-refractivity contribution in [2.45, 2.75) is 31.8 Å².